The number of carbonyl (C=O) groups excluding carboxylic acids is 3. The van der Waals surface area contributed by atoms with Gasteiger partial charge in [0, 0.05) is 61.0 Å². The van der Waals surface area contributed by atoms with E-state index in [0.29, 0.717) is 48.4 Å². The average molecular weight is 843 g/mol. The predicted octanol–water partition coefficient (Wildman–Crippen LogP) is 5.27. The highest BCUT2D eigenvalue weighted by molar-refractivity contribution is 6.02. The second-order valence-corrected chi connectivity index (χ2v) is 17.7. The van der Waals surface area contributed by atoms with Gasteiger partial charge in [-0.1, -0.05) is 30.3 Å². The number of carbonyl (C=O) groups is 3. The molecule has 3 aliphatic heterocycles. The summed E-state index contributed by atoms with van der Waals surface area (Å²) in [4.78, 5) is 63.4. The van der Waals surface area contributed by atoms with Crippen LogP contribution in [0, 0.1) is 11.7 Å². The summed E-state index contributed by atoms with van der Waals surface area (Å²) in [6.45, 7) is 5.55. The zero-order valence-electron chi connectivity index (χ0n) is 35.3. The molecule has 1 aliphatic carbocycles. The summed E-state index contributed by atoms with van der Waals surface area (Å²) in [7, 11) is 1.93. The van der Waals surface area contributed by atoms with Crippen molar-refractivity contribution in [1.29, 1.82) is 0 Å². The second-order valence-electron chi connectivity index (χ2n) is 17.7. The Kier molecular flexibility index (Phi) is 12.2. The highest BCUT2D eigenvalue weighted by Gasteiger charge is 2.33. The van der Waals surface area contributed by atoms with Gasteiger partial charge in [0.1, 0.15) is 5.69 Å². The van der Waals surface area contributed by atoms with Crippen molar-refractivity contribution in [3.63, 3.8) is 0 Å². The summed E-state index contributed by atoms with van der Waals surface area (Å²) < 4.78 is 18.4. The van der Waals surface area contributed by atoms with Crippen molar-refractivity contribution in [2.75, 3.05) is 44.6 Å². The summed E-state index contributed by atoms with van der Waals surface area (Å²) in [5, 5.41) is 14.9. The van der Waals surface area contributed by atoms with Gasteiger partial charge >= 0.3 is 0 Å². The fourth-order valence-corrected chi connectivity index (χ4v) is 10.0. The second kappa shape index (κ2) is 18.3. The lowest BCUT2D eigenvalue weighted by molar-refractivity contribution is -0.134. The van der Waals surface area contributed by atoms with E-state index in [-0.39, 0.29) is 41.1 Å². The van der Waals surface area contributed by atoms with E-state index >= 15 is 0 Å². The van der Waals surface area contributed by atoms with Gasteiger partial charge < -0.3 is 15.5 Å². The van der Waals surface area contributed by atoms with Crippen LogP contribution in [0.15, 0.2) is 77.9 Å². The Morgan fingerprint density at radius 1 is 0.855 bits per heavy atom. The van der Waals surface area contributed by atoms with Crippen LogP contribution >= 0.6 is 0 Å². The van der Waals surface area contributed by atoms with Gasteiger partial charge in [0.05, 0.1) is 29.9 Å². The molecule has 4 aliphatic rings. The summed E-state index contributed by atoms with van der Waals surface area (Å²) >= 11 is 0. The number of imide groups is 1. The van der Waals surface area contributed by atoms with Crippen LogP contribution in [0.2, 0.25) is 0 Å². The zero-order valence-corrected chi connectivity index (χ0v) is 35.3. The molecule has 1 unspecified atom stereocenters. The third kappa shape index (κ3) is 9.33. The number of nitrogens with zero attached hydrogens (tertiary/aromatic N) is 7. The molecule has 14 nitrogen and oxygen atoms in total. The quantitative estimate of drug-likeness (QED) is 0.150. The zero-order chi connectivity index (χ0) is 42.7. The number of fused-ring (bicyclic) bond motifs is 1. The van der Waals surface area contributed by atoms with Crippen molar-refractivity contribution in [2.24, 2.45) is 13.0 Å². The first-order chi connectivity index (χ1) is 30.1. The fourth-order valence-electron chi connectivity index (χ4n) is 10.0. The molecule has 0 spiro atoms. The van der Waals surface area contributed by atoms with Gasteiger partial charge in [0.2, 0.25) is 23.7 Å². The minimum Gasteiger partial charge on any atom is -0.352 e. The van der Waals surface area contributed by atoms with Crippen LogP contribution in [-0.2, 0) is 21.4 Å². The van der Waals surface area contributed by atoms with E-state index in [9.17, 15) is 23.6 Å². The smallest absolute Gasteiger partial charge is 0.255 e. The van der Waals surface area contributed by atoms with Crippen LogP contribution in [0.1, 0.15) is 87.3 Å². The third-order valence-corrected chi connectivity index (χ3v) is 13.5. The molecule has 15 heteroatoms. The molecule has 4 fully saturated rings. The molecule has 5 aromatic rings. The highest BCUT2D eigenvalue weighted by atomic mass is 19.1. The van der Waals surface area contributed by atoms with Crippen molar-refractivity contribution < 1.29 is 18.8 Å². The Bertz CT molecular complexity index is 2500. The molecule has 2 aromatic carbocycles. The molecule has 0 radical (unpaired) electrons. The molecular weight excluding hydrogens is 788 g/mol. The monoisotopic (exact) mass is 842 g/mol. The summed E-state index contributed by atoms with van der Waals surface area (Å²) in [5.74, 6) is 0.161. The van der Waals surface area contributed by atoms with E-state index in [4.69, 9.17) is 5.10 Å². The number of benzene rings is 2. The van der Waals surface area contributed by atoms with E-state index in [2.05, 4.69) is 53.9 Å². The van der Waals surface area contributed by atoms with Crippen LogP contribution < -0.4 is 21.5 Å². The average Bonchev–Trinajstić information content (AvgIpc) is 3.61. The molecule has 3 amide bonds. The maximum absolute atomic E-state index is 15.0. The normalized spacial score (nSPS) is 22.1. The first-order valence-corrected chi connectivity index (χ1v) is 22.3. The number of anilines is 1. The molecule has 62 heavy (non-hydrogen) atoms. The lowest BCUT2D eigenvalue weighted by Gasteiger charge is -2.38. The maximum atomic E-state index is 15.0. The number of hydrogen-bond donors (Lipinski definition) is 3. The number of hydrogen-bond acceptors (Lipinski definition) is 10. The van der Waals surface area contributed by atoms with E-state index in [0.717, 1.165) is 101 Å². The number of pyridine rings is 1. The molecule has 9 rings (SSSR count). The maximum Gasteiger partial charge on any atom is 0.255 e. The minimum atomic E-state index is -0.539. The Balaban J connectivity index is 0.686. The number of halogens is 1. The largest absolute Gasteiger partial charge is 0.352 e. The Hall–Kier alpha value is -5.80. The number of piperidine rings is 3. The lowest BCUT2D eigenvalue weighted by Crippen LogP contribution is -2.47. The summed E-state index contributed by atoms with van der Waals surface area (Å²) in [6.07, 6.45) is 11.5. The SMILES string of the molecule is Cn1nc(C2CCC(=O)NC2=O)c2ccc(C3CCN(CC4CCN(CC(=O)N[C@H]5CC[C@H](Nc6ncc(F)c(-c7cccc(-n8ccccc8=O)c7)n6)CC5)CC4)CC3)cc21. The van der Waals surface area contributed by atoms with Crippen molar-refractivity contribution in [3.8, 4) is 16.9 Å². The van der Waals surface area contributed by atoms with E-state index in [1.165, 1.54) is 22.4 Å². The first kappa shape index (κ1) is 41.5. The minimum absolute atomic E-state index is 0.0879. The van der Waals surface area contributed by atoms with Gasteiger partial charge in [-0.25, -0.2) is 14.4 Å². The van der Waals surface area contributed by atoms with Gasteiger partial charge in [-0.05, 0) is 126 Å². The van der Waals surface area contributed by atoms with Crippen LogP contribution in [0.4, 0.5) is 10.3 Å². The molecule has 1 saturated carbocycles. The number of rotatable bonds is 11. The van der Waals surface area contributed by atoms with Gasteiger partial charge in [-0.2, -0.15) is 5.10 Å². The first-order valence-electron chi connectivity index (χ1n) is 22.3. The summed E-state index contributed by atoms with van der Waals surface area (Å²) in [5.41, 5.74) is 4.28. The topological polar surface area (TPSA) is 159 Å². The van der Waals surface area contributed by atoms with E-state index < -0.39 is 11.7 Å². The van der Waals surface area contributed by atoms with Gasteiger partial charge in [0.25, 0.3) is 5.56 Å². The molecule has 324 valence electrons. The predicted molar refractivity (Wildman–Crippen MR) is 234 cm³/mol. The highest BCUT2D eigenvalue weighted by Crippen LogP contribution is 2.35. The molecule has 1 atom stereocenters. The fraction of sp³-hybridized carbons (Fsp3) is 0.468. The number of nitrogens with one attached hydrogen (secondary N) is 3. The standard InChI is InChI=1S/C47H55FN10O4/c1-55-40-26-32(8-13-37(40)45(54-55)38-14-15-41(59)52-46(38)62)31-18-23-56(24-19-31)28-30-16-21-57(22-17-30)29-42(60)50-34-9-11-35(12-10-34)51-47-49-27-39(48)44(53-47)33-5-4-6-36(25-33)58-20-3-2-7-43(58)61/h2-8,13,20,25-27,30-31,34-35,38H,9-12,14-19,21-24,28-29H2,1H3,(H,50,60)(H,49,51,53)(H,52,59,62)/t34-,35-,38?. The third-order valence-electron chi connectivity index (χ3n) is 13.5. The summed E-state index contributed by atoms with van der Waals surface area (Å²) in [6, 6.07) is 18.8. The van der Waals surface area contributed by atoms with Crippen molar-refractivity contribution in [2.45, 2.75) is 88.1 Å². The van der Waals surface area contributed by atoms with Crippen LogP contribution in [0.25, 0.3) is 27.8 Å². The van der Waals surface area contributed by atoms with Crippen molar-refractivity contribution in [3.05, 3.63) is 100 Å². The van der Waals surface area contributed by atoms with Gasteiger partial charge in [-0.15, -0.1) is 0 Å². The molecule has 6 heterocycles. The van der Waals surface area contributed by atoms with Gasteiger partial charge in [-0.3, -0.25) is 38.6 Å². The Morgan fingerprint density at radius 2 is 1.63 bits per heavy atom. The number of likely N-dealkylation sites (tertiary alicyclic amines) is 2. The molecule has 3 aromatic heterocycles. The molecule has 3 saturated heterocycles. The molecule has 3 N–H and O–H groups in total. The van der Waals surface area contributed by atoms with Gasteiger partial charge in [0.15, 0.2) is 5.82 Å². The van der Waals surface area contributed by atoms with Crippen molar-refractivity contribution in [1.82, 2.24) is 44.7 Å². The van der Waals surface area contributed by atoms with E-state index in [1.807, 2.05) is 11.7 Å². The van der Waals surface area contributed by atoms with Crippen LogP contribution in [0.5, 0.6) is 0 Å². The number of amides is 3. The van der Waals surface area contributed by atoms with Crippen molar-refractivity contribution >= 4 is 34.6 Å². The Morgan fingerprint density at radius 3 is 2.40 bits per heavy atom. The van der Waals surface area contributed by atoms with Crippen LogP contribution in [-0.4, -0.2) is 103 Å². The Labute approximate surface area is 360 Å². The number of aromatic nitrogens is 5. The lowest BCUT2D eigenvalue weighted by atomic mass is 9.87. The molecular formula is C47H55FN10O4. The van der Waals surface area contributed by atoms with E-state index in [1.54, 1.807) is 42.6 Å². The number of aryl methyl sites for hydroxylation is 1. The van der Waals surface area contributed by atoms with Crippen LogP contribution in [0.3, 0.4) is 0 Å². The molecule has 0 bridgehead atoms.